The molecule has 0 amide bonds. The molecule has 3 N–H and O–H groups in total. The number of pyridine rings is 1. The molecule has 0 saturated heterocycles. The van der Waals surface area contributed by atoms with Crippen molar-refractivity contribution in [1.82, 2.24) is 10.5 Å². The smallest absolute Gasteiger partial charge is 0.154 e. The van der Waals surface area contributed by atoms with Crippen molar-refractivity contribution in [3.63, 3.8) is 0 Å². The van der Waals surface area contributed by atoms with Crippen LogP contribution in [-0.4, -0.2) is 21.8 Å². The first kappa shape index (κ1) is 15.1. The van der Waals surface area contributed by atoms with Gasteiger partial charge in [0.15, 0.2) is 6.23 Å². The Morgan fingerprint density at radius 3 is 2.83 bits per heavy atom. The highest BCUT2D eigenvalue weighted by Crippen LogP contribution is 2.31. The molecule has 1 aliphatic heterocycles. The second kappa shape index (κ2) is 6.20. The average molecular weight is 321 g/mol. The van der Waals surface area contributed by atoms with Gasteiger partial charge in [0, 0.05) is 48.0 Å². The number of aromatic nitrogens is 1. The van der Waals surface area contributed by atoms with E-state index in [1.54, 1.807) is 6.20 Å². The Balaban J connectivity index is 1.70. The molecule has 1 atom stereocenters. The fourth-order valence-electron chi connectivity index (χ4n) is 3.36. The Hall–Kier alpha value is -2.47. The van der Waals surface area contributed by atoms with Crippen molar-refractivity contribution in [2.24, 2.45) is 0 Å². The van der Waals surface area contributed by atoms with Gasteiger partial charge in [-0.15, -0.1) is 0 Å². The molecule has 0 saturated carbocycles. The zero-order chi connectivity index (χ0) is 16.5. The lowest BCUT2D eigenvalue weighted by Crippen LogP contribution is -2.31. The highest BCUT2D eigenvalue weighted by molar-refractivity contribution is 5.94. The molecule has 2 heterocycles. The SMILES string of the molecule is ONC(O)c1cnc2c(c1)CN(c1cccc3ccccc13)CC2. The van der Waals surface area contributed by atoms with Crippen LogP contribution in [0.4, 0.5) is 5.69 Å². The van der Waals surface area contributed by atoms with Gasteiger partial charge in [0.25, 0.3) is 0 Å². The summed E-state index contributed by atoms with van der Waals surface area (Å²) in [5.74, 6) is 0. The Labute approximate surface area is 140 Å². The molecule has 24 heavy (non-hydrogen) atoms. The molecule has 122 valence electrons. The van der Waals surface area contributed by atoms with Gasteiger partial charge < -0.3 is 15.2 Å². The van der Waals surface area contributed by atoms with E-state index in [0.717, 1.165) is 30.8 Å². The molecule has 3 aromatic rings. The van der Waals surface area contributed by atoms with Crippen LogP contribution in [0.3, 0.4) is 0 Å². The maximum atomic E-state index is 9.74. The third-order valence-electron chi connectivity index (χ3n) is 4.61. The van der Waals surface area contributed by atoms with E-state index in [0.29, 0.717) is 5.56 Å². The topological polar surface area (TPSA) is 68.6 Å². The molecule has 5 nitrogen and oxygen atoms in total. The molecule has 4 rings (SSSR count). The molecule has 0 spiro atoms. The number of hydroxylamine groups is 1. The predicted molar refractivity (Wildman–Crippen MR) is 92.8 cm³/mol. The number of fused-ring (bicyclic) bond motifs is 2. The highest BCUT2D eigenvalue weighted by Gasteiger charge is 2.20. The van der Waals surface area contributed by atoms with Crippen LogP contribution in [0, 0.1) is 0 Å². The standard InChI is InChI=1S/C19H19N3O2/c23-19(21-24)14-10-15-12-22(9-8-17(15)20-11-14)18-7-3-5-13-4-1-2-6-16(13)18/h1-7,10-11,19,21,23-24H,8-9,12H2. The van der Waals surface area contributed by atoms with Gasteiger partial charge in [-0.1, -0.05) is 36.4 Å². The van der Waals surface area contributed by atoms with E-state index in [9.17, 15) is 5.11 Å². The summed E-state index contributed by atoms with van der Waals surface area (Å²) in [4.78, 5) is 6.78. The lowest BCUT2D eigenvalue weighted by molar-refractivity contribution is 0.000437. The number of anilines is 1. The van der Waals surface area contributed by atoms with Crippen LogP contribution in [0.25, 0.3) is 10.8 Å². The second-order valence-electron chi connectivity index (χ2n) is 6.08. The largest absolute Gasteiger partial charge is 0.372 e. The van der Waals surface area contributed by atoms with Crippen molar-refractivity contribution in [3.8, 4) is 0 Å². The fourth-order valence-corrected chi connectivity index (χ4v) is 3.36. The highest BCUT2D eigenvalue weighted by atomic mass is 16.5. The average Bonchev–Trinajstić information content (AvgIpc) is 2.66. The summed E-state index contributed by atoms with van der Waals surface area (Å²) >= 11 is 0. The lowest BCUT2D eigenvalue weighted by atomic mass is 10.0. The molecule has 0 bridgehead atoms. The van der Waals surface area contributed by atoms with Gasteiger partial charge in [-0.25, -0.2) is 0 Å². The summed E-state index contributed by atoms with van der Waals surface area (Å²) in [5.41, 5.74) is 5.78. The molecular weight excluding hydrogens is 302 g/mol. The van der Waals surface area contributed by atoms with Crippen LogP contribution >= 0.6 is 0 Å². The molecule has 1 aromatic heterocycles. The number of aliphatic hydroxyl groups excluding tert-OH is 1. The Morgan fingerprint density at radius 1 is 1.12 bits per heavy atom. The number of hydrogen-bond acceptors (Lipinski definition) is 5. The van der Waals surface area contributed by atoms with Crippen LogP contribution < -0.4 is 10.4 Å². The summed E-state index contributed by atoms with van der Waals surface area (Å²) in [6.45, 7) is 1.65. The summed E-state index contributed by atoms with van der Waals surface area (Å²) < 4.78 is 0. The normalized spacial score (nSPS) is 15.3. The van der Waals surface area contributed by atoms with E-state index in [1.165, 1.54) is 16.5 Å². The van der Waals surface area contributed by atoms with Gasteiger partial charge in [0.1, 0.15) is 0 Å². The molecule has 1 aliphatic rings. The number of nitrogens with one attached hydrogen (secondary N) is 1. The minimum absolute atomic E-state index is 0.566. The van der Waals surface area contributed by atoms with Gasteiger partial charge in [0.2, 0.25) is 0 Å². The summed E-state index contributed by atoms with van der Waals surface area (Å²) in [5, 5.41) is 21.1. The van der Waals surface area contributed by atoms with Crippen molar-refractivity contribution in [2.45, 2.75) is 19.2 Å². The van der Waals surface area contributed by atoms with Gasteiger partial charge in [-0.05, 0) is 23.1 Å². The van der Waals surface area contributed by atoms with Gasteiger partial charge in [-0.2, -0.15) is 5.48 Å². The van der Waals surface area contributed by atoms with Crippen molar-refractivity contribution in [2.75, 3.05) is 11.4 Å². The van der Waals surface area contributed by atoms with E-state index in [-0.39, 0.29) is 0 Å². The third kappa shape index (κ3) is 2.63. The van der Waals surface area contributed by atoms with Crippen molar-refractivity contribution >= 4 is 16.5 Å². The van der Waals surface area contributed by atoms with Crippen molar-refractivity contribution < 1.29 is 10.3 Å². The second-order valence-corrected chi connectivity index (χ2v) is 6.08. The zero-order valence-electron chi connectivity index (χ0n) is 13.2. The molecule has 0 fully saturated rings. The molecule has 0 radical (unpaired) electrons. The van der Waals surface area contributed by atoms with Crippen LogP contribution in [-0.2, 0) is 13.0 Å². The molecule has 2 aromatic carbocycles. The number of nitrogens with zero attached hydrogens (tertiary/aromatic N) is 2. The van der Waals surface area contributed by atoms with Crippen LogP contribution in [0.1, 0.15) is 23.0 Å². The predicted octanol–water partition coefficient (Wildman–Crippen LogP) is 2.77. The summed E-state index contributed by atoms with van der Waals surface area (Å²) in [7, 11) is 0. The minimum atomic E-state index is -1.12. The van der Waals surface area contributed by atoms with Crippen molar-refractivity contribution in [3.05, 3.63) is 71.5 Å². The Bertz CT molecular complexity index is 876. The Morgan fingerprint density at radius 2 is 1.96 bits per heavy atom. The first-order valence-corrected chi connectivity index (χ1v) is 8.04. The molecule has 0 aliphatic carbocycles. The fraction of sp³-hybridized carbons (Fsp3) is 0.211. The summed E-state index contributed by atoms with van der Waals surface area (Å²) in [6, 6.07) is 16.7. The lowest BCUT2D eigenvalue weighted by Gasteiger charge is -2.31. The van der Waals surface area contributed by atoms with E-state index in [2.05, 4.69) is 52.3 Å². The van der Waals surface area contributed by atoms with Crippen LogP contribution in [0.15, 0.2) is 54.7 Å². The maximum Gasteiger partial charge on any atom is 0.154 e. The molecular formula is C19H19N3O2. The first-order valence-electron chi connectivity index (χ1n) is 8.04. The molecule has 5 heteroatoms. The van der Waals surface area contributed by atoms with E-state index in [4.69, 9.17) is 5.21 Å². The minimum Gasteiger partial charge on any atom is -0.372 e. The first-order chi connectivity index (χ1) is 11.8. The summed E-state index contributed by atoms with van der Waals surface area (Å²) in [6.07, 6.45) is 1.36. The van der Waals surface area contributed by atoms with Gasteiger partial charge in [0.05, 0.1) is 0 Å². The van der Waals surface area contributed by atoms with Crippen LogP contribution in [0.2, 0.25) is 0 Å². The van der Waals surface area contributed by atoms with Gasteiger partial charge in [-0.3, -0.25) is 4.98 Å². The quantitative estimate of drug-likeness (QED) is 0.511. The van der Waals surface area contributed by atoms with Crippen LogP contribution in [0.5, 0.6) is 0 Å². The third-order valence-corrected chi connectivity index (χ3v) is 4.61. The van der Waals surface area contributed by atoms with E-state index >= 15 is 0 Å². The number of rotatable bonds is 3. The monoisotopic (exact) mass is 321 g/mol. The van der Waals surface area contributed by atoms with Gasteiger partial charge >= 0.3 is 0 Å². The van der Waals surface area contributed by atoms with E-state index in [1.807, 2.05) is 11.5 Å². The van der Waals surface area contributed by atoms with Crippen molar-refractivity contribution in [1.29, 1.82) is 0 Å². The maximum absolute atomic E-state index is 9.74. The van der Waals surface area contributed by atoms with E-state index < -0.39 is 6.23 Å². The Kier molecular flexibility index (Phi) is 3.90. The number of benzene rings is 2. The number of aliphatic hydroxyl groups is 1. The molecule has 1 unspecified atom stereocenters. The number of hydrogen-bond donors (Lipinski definition) is 3. The zero-order valence-corrected chi connectivity index (χ0v) is 13.2.